The third-order valence-electron chi connectivity index (χ3n) is 3.62. The molecule has 1 fully saturated rings. The molecule has 1 aromatic rings. The van der Waals surface area contributed by atoms with Crippen LogP contribution >= 0.6 is 0 Å². The number of para-hydroxylation sites is 1. The van der Waals surface area contributed by atoms with Crippen molar-refractivity contribution >= 4 is 11.6 Å². The minimum Gasteiger partial charge on any atom is -0.377 e. The molecule has 1 aliphatic rings. The van der Waals surface area contributed by atoms with Gasteiger partial charge in [-0.05, 0) is 25.0 Å². The Labute approximate surface area is 125 Å². The van der Waals surface area contributed by atoms with E-state index in [1.807, 2.05) is 0 Å². The standard InChI is InChI=1S/C16H23FN2O2/c17-14-8-4-5-9-15(14)19-16(20)12-18-10-11-21-13-6-2-1-3-7-13/h4-5,8-9,13,18H,1-3,6-7,10-12H2,(H,19,20). The fraction of sp³-hybridized carbons (Fsp3) is 0.562. The van der Waals surface area contributed by atoms with Crippen molar-refractivity contribution in [1.82, 2.24) is 5.32 Å². The predicted octanol–water partition coefficient (Wildman–Crippen LogP) is 2.70. The van der Waals surface area contributed by atoms with Crippen LogP contribution in [0.15, 0.2) is 24.3 Å². The molecule has 21 heavy (non-hydrogen) atoms. The van der Waals surface area contributed by atoms with E-state index in [2.05, 4.69) is 10.6 Å². The third-order valence-corrected chi connectivity index (χ3v) is 3.62. The highest BCUT2D eigenvalue weighted by Crippen LogP contribution is 2.19. The summed E-state index contributed by atoms with van der Waals surface area (Å²) in [4.78, 5) is 11.6. The van der Waals surface area contributed by atoms with Crippen molar-refractivity contribution in [2.75, 3.05) is 25.0 Å². The molecule has 2 rings (SSSR count). The molecule has 0 bridgehead atoms. The zero-order valence-electron chi connectivity index (χ0n) is 12.2. The van der Waals surface area contributed by atoms with Gasteiger partial charge < -0.3 is 15.4 Å². The van der Waals surface area contributed by atoms with Crippen molar-refractivity contribution in [1.29, 1.82) is 0 Å². The second-order valence-electron chi connectivity index (χ2n) is 5.34. The van der Waals surface area contributed by atoms with Gasteiger partial charge in [-0.1, -0.05) is 31.4 Å². The van der Waals surface area contributed by atoms with Gasteiger partial charge in [0.15, 0.2) is 0 Å². The Kier molecular flexibility index (Phi) is 6.63. The number of carbonyl (C=O) groups is 1. The van der Waals surface area contributed by atoms with Crippen molar-refractivity contribution in [2.45, 2.75) is 38.2 Å². The second kappa shape index (κ2) is 8.74. The number of nitrogens with one attached hydrogen (secondary N) is 2. The summed E-state index contributed by atoms with van der Waals surface area (Å²) in [7, 11) is 0. The quantitative estimate of drug-likeness (QED) is 0.760. The number of hydrogen-bond donors (Lipinski definition) is 2. The molecule has 0 unspecified atom stereocenters. The maximum absolute atomic E-state index is 13.3. The van der Waals surface area contributed by atoms with Gasteiger partial charge in [0, 0.05) is 6.54 Å². The smallest absolute Gasteiger partial charge is 0.238 e. The van der Waals surface area contributed by atoms with Gasteiger partial charge in [0.2, 0.25) is 5.91 Å². The molecule has 4 nitrogen and oxygen atoms in total. The molecular formula is C16H23FN2O2. The van der Waals surface area contributed by atoms with E-state index in [9.17, 15) is 9.18 Å². The molecular weight excluding hydrogens is 271 g/mol. The third kappa shape index (κ3) is 5.81. The molecule has 0 radical (unpaired) electrons. The summed E-state index contributed by atoms with van der Waals surface area (Å²) in [6, 6.07) is 6.14. The van der Waals surface area contributed by atoms with Crippen LogP contribution in [0.2, 0.25) is 0 Å². The van der Waals surface area contributed by atoms with Crippen molar-refractivity contribution in [3.63, 3.8) is 0 Å². The largest absolute Gasteiger partial charge is 0.377 e. The van der Waals surface area contributed by atoms with Gasteiger partial charge in [-0.2, -0.15) is 0 Å². The van der Waals surface area contributed by atoms with E-state index in [0.29, 0.717) is 19.3 Å². The summed E-state index contributed by atoms with van der Waals surface area (Å²) in [6.45, 7) is 1.39. The maximum atomic E-state index is 13.3. The first-order valence-corrected chi connectivity index (χ1v) is 7.62. The first-order chi connectivity index (χ1) is 10.3. The number of benzene rings is 1. The Morgan fingerprint density at radius 1 is 1.24 bits per heavy atom. The van der Waals surface area contributed by atoms with Gasteiger partial charge in [-0.3, -0.25) is 4.79 Å². The molecule has 0 aromatic heterocycles. The Morgan fingerprint density at radius 3 is 2.76 bits per heavy atom. The lowest BCUT2D eigenvalue weighted by Gasteiger charge is -2.21. The molecule has 0 heterocycles. The first-order valence-electron chi connectivity index (χ1n) is 7.62. The maximum Gasteiger partial charge on any atom is 0.238 e. The minimum absolute atomic E-state index is 0.155. The van der Waals surface area contributed by atoms with Gasteiger partial charge in [0.1, 0.15) is 5.82 Å². The van der Waals surface area contributed by atoms with E-state index in [1.165, 1.54) is 25.3 Å². The van der Waals surface area contributed by atoms with Crippen molar-refractivity contribution in [3.8, 4) is 0 Å². The van der Waals surface area contributed by atoms with E-state index >= 15 is 0 Å². The molecule has 5 heteroatoms. The minimum atomic E-state index is -0.425. The molecule has 116 valence electrons. The monoisotopic (exact) mass is 294 g/mol. The molecule has 1 aliphatic carbocycles. The van der Waals surface area contributed by atoms with Crippen LogP contribution in [0.25, 0.3) is 0 Å². The number of carbonyl (C=O) groups excluding carboxylic acids is 1. The molecule has 0 aliphatic heterocycles. The van der Waals surface area contributed by atoms with Crippen LogP contribution in [0.1, 0.15) is 32.1 Å². The Hall–Kier alpha value is -1.46. The second-order valence-corrected chi connectivity index (χ2v) is 5.34. The summed E-state index contributed by atoms with van der Waals surface area (Å²) in [5.41, 5.74) is 0.211. The van der Waals surface area contributed by atoms with Gasteiger partial charge in [-0.15, -0.1) is 0 Å². The normalized spacial score (nSPS) is 15.9. The first kappa shape index (κ1) is 15.9. The highest BCUT2D eigenvalue weighted by atomic mass is 19.1. The lowest BCUT2D eigenvalue weighted by Crippen LogP contribution is -2.31. The van der Waals surface area contributed by atoms with Crippen LogP contribution in [-0.4, -0.2) is 31.7 Å². The lowest BCUT2D eigenvalue weighted by molar-refractivity contribution is -0.115. The average Bonchev–Trinajstić information content (AvgIpc) is 2.50. The molecule has 1 saturated carbocycles. The van der Waals surface area contributed by atoms with Gasteiger partial charge >= 0.3 is 0 Å². The lowest BCUT2D eigenvalue weighted by atomic mass is 9.98. The Bertz CT molecular complexity index is 448. The Morgan fingerprint density at radius 2 is 2.00 bits per heavy atom. The highest BCUT2D eigenvalue weighted by molar-refractivity contribution is 5.92. The van der Waals surface area contributed by atoms with Crippen molar-refractivity contribution in [3.05, 3.63) is 30.1 Å². The van der Waals surface area contributed by atoms with Crippen LogP contribution in [0.3, 0.4) is 0 Å². The summed E-state index contributed by atoms with van der Waals surface area (Å²) < 4.78 is 19.1. The van der Waals surface area contributed by atoms with Gasteiger partial charge in [0.25, 0.3) is 0 Å². The van der Waals surface area contributed by atoms with Gasteiger partial charge in [-0.25, -0.2) is 4.39 Å². The van der Waals surface area contributed by atoms with Crippen LogP contribution in [-0.2, 0) is 9.53 Å². The summed E-state index contributed by atoms with van der Waals surface area (Å²) in [5, 5.41) is 5.54. The summed E-state index contributed by atoms with van der Waals surface area (Å²) in [5.74, 6) is -0.677. The zero-order chi connectivity index (χ0) is 14.9. The van der Waals surface area contributed by atoms with E-state index < -0.39 is 5.82 Å². The van der Waals surface area contributed by atoms with Crippen LogP contribution in [0.5, 0.6) is 0 Å². The fourth-order valence-corrected chi connectivity index (χ4v) is 2.49. The van der Waals surface area contributed by atoms with Crippen molar-refractivity contribution < 1.29 is 13.9 Å². The summed E-state index contributed by atoms with van der Waals surface area (Å²) >= 11 is 0. The highest BCUT2D eigenvalue weighted by Gasteiger charge is 2.13. The van der Waals surface area contributed by atoms with Gasteiger partial charge in [0.05, 0.1) is 24.9 Å². The Balaban J connectivity index is 1.56. The predicted molar refractivity (Wildman–Crippen MR) is 80.7 cm³/mol. The van der Waals surface area contributed by atoms with E-state index in [1.54, 1.807) is 18.2 Å². The summed E-state index contributed by atoms with van der Waals surface area (Å²) in [6.07, 6.45) is 6.50. The number of ether oxygens (including phenoxy) is 1. The molecule has 0 spiro atoms. The number of amides is 1. The van der Waals surface area contributed by atoms with Crippen molar-refractivity contribution in [2.24, 2.45) is 0 Å². The topological polar surface area (TPSA) is 50.4 Å². The average molecular weight is 294 g/mol. The van der Waals surface area contributed by atoms with E-state index in [4.69, 9.17) is 4.74 Å². The molecule has 1 amide bonds. The molecule has 2 N–H and O–H groups in total. The number of hydrogen-bond acceptors (Lipinski definition) is 3. The van der Waals surface area contributed by atoms with Crippen LogP contribution < -0.4 is 10.6 Å². The van der Waals surface area contributed by atoms with Crippen LogP contribution in [0.4, 0.5) is 10.1 Å². The number of anilines is 1. The zero-order valence-corrected chi connectivity index (χ0v) is 12.2. The number of rotatable bonds is 7. The fourth-order valence-electron chi connectivity index (χ4n) is 2.49. The molecule has 1 aromatic carbocycles. The molecule has 0 atom stereocenters. The van der Waals surface area contributed by atoms with E-state index in [-0.39, 0.29) is 18.1 Å². The SMILES string of the molecule is O=C(CNCCOC1CCCCC1)Nc1ccccc1F. The number of halogens is 1. The van der Waals surface area contributed by atoms with E-state index in [0.717, 1.165) is 12.8 Å². The van der Waals surface area contributed by atoms with Crippen LogP contribution in [0, 0.1) is 5.82 Å². The molecule has 0 saturated heterocycles.